The van der Waals surface area contributed by atoms with E-state index in [9.17, 15) is 10.1 Å². The predicted molar refractivity (Wildman–Crippen MR) is 71.6 cm³/mol. The van der Waals surface area contributed by atoms with Crippen LogP contribution >= 0.6 is 0 Å². The Morgan fingerprint density at radius 2 is 2.21 bits per heavy atom. The Morgan fingerprint density at radius 1 is 1.47 bits per heavy atom. The summed E-state index contributed by atoms with van der Waals surface area (Å²) < 4.78 is 1.86. The lowest BCUT2D eigenvalue weighted by atomic mass is 10.1. The van der Waals surface area contributed by atoms with Crippen LogP contribution in [0.5, 0.6) is 0 Å². The van der Waals surface area contributed by atoms with Crippen molar-refractivity contribution in [2.75, 3.05) is 0 Å². The molecule has 0 aliphatic carbocycles. The number of nitrogens with two attached hydrogens (primary N) is 1. The lowest BCUT2D eigenvalue weighted by Crippen LogP contribution is -2.15. The molecule has 1 heterocycles. The molecule has 0 spiro atoms. The van der Waals surface area contributed by atoms with Crippen molar-refractivity contribution < 1.29 is 4.92 Å². The fourth-order valence-corrected chi connectivity index (χ4v) is 1.99. The van der Waals surface area contributed by atoms with E-state index in [4.69, 9.17) is 5.73 Å². The molecular formula is C13H16N4O2. The van der Waals surface area contributed by atoms with Crippen LogP contribution in [0.3, 0.4) is 0 Å². The molecule has 0 bridgehead atoms. The molecule has 0 unspecified atom stereocenters. The molecule has 2 N–H and O–H groups in total. The number of hydrogen-bond acceptors (Lipinski definition) is 4. The first-order chi connectivity index (χ1) is 9.13. The van der Waals surface area contributed by atoms with E-state index in [1.165, 1.54) is 6.07 Å². The zero-order valence-electron chi connectivity index (χ0n) is 10.7. The lowest BCUT2D eigenvalue weighted by Gasteiger charge is -2.13. The minimum absolute atomic E-state index is 0.106. The minimum atomic E-state index is -0.369. The van der Waals surface area contributed by atoms with Crippen molar-refractivity contribution in [2.45, 2.75) is 25.9 Å². The third kappa shape index (κ3) is 2.79. The second-order valence-corrected chi connectivity index (χ2v) is 4.35. The highest BCUT2D eigenvalue weighted by molar-refractivity contribution is 5.40. The van der Waals surface area contributed by atoms with Gasteiger partial charge in [0.25, 0.3) is 5.69 Å². The average molecular weight is 260 g/mol. The quantitative estimate of drug-likeness (QED) is 0.659. The van der Waals surface area contributed by atoms with Crippen LogP contribution in [0.1, 0.15) is 30.6 Å². The Balaban J connectivity index is 2.32. The van der Waals surface area contributed by atoms with Crippen LogP contribution < -0.4 is 5.73 Å². The number of nitrogens with zero attached hydrogens (tertiary/aromatic N) is 3. The maximum atomic E-state index is 11.0. The van der Waals surface area contributed by atoms with E-state index in [0.29, 0.717) is 12.1 Å². The SMILES string of the molecule is CC[C@@H](N)c1cncn1Cc1ccccc1[N+](=O)[O-]. The number of imidazole rings is 1. The maximum Gasteiger partial charge on any atom is 0.274 e. The molecule has 1 atom stereocenters. The number of hydrogen-bond donors (Lipinski definition) is 1. The standard InChI is InChI=1S/C13H16N4O2/c1-2-11(14)13-7-15-9-16(13)8-10-5-3-4-6-12(10)17(18)19/h3-7,9,11H,2,8,14H2,1H3/t11-/m1/s1. The van der Waals surface area contributed by atoms with Gasteiger partial charge in [0.1, 0.15) is 0 Å². The highest BCUT2D eigenvalue weighted by Crippen LogP contribution is 2.21. The van der Waals surface area contributed by atoms with Crippen molar-refractivity contribution in [3.63, 3.8) is 0 Å². The molecule has 2 aromatic rings. The molecule has 0 aliphatic heterocycles. The summed E-state index contributed by atoms with van der Waals surface area (Å²) in [5.74, 6) is 0. The van der Waals surface area contributed by atoms with Crippen LogP contribution in [0.15, 0.2) is 36.8 Å². The summed E-state index contributed by atoms with van der Waals surface area (Å²) in [5.41, 5.74) is 7.65. The molecule has 6 nitrogen and oxygen atoms in total. The van der Waals surface area contributed by atoms with Crippen LogP contribution in [-0.4, -0.2) is 14.5 Å². The highest BCUT2D eigenvalue weighted by Gasteiger charge is 2.15. The molecule has 0 saturated carbocycles. The van der Waals surface area contributed by atoms with Gasteiger partial charge < -0.3 is 10.3 Å². The van der Waals surface area contributed by atoms with E-state index < -0.39 is 0 Å². The lowest BCUT2D eigenvalue weighted by molar-refractivity contribution is -0.385. The minimum Gasteiger partial charge on any atom is -0.328 e. The second-order valence-electron chi connectivity index (χ2n) is 4.35. The largest absolute Gasteiger partial charge is 0.328 e. The van der Waals surface area contributed by atoms with E-state index in [-0.39, 0.29) is 16.7 Å². The van der Waals surface area contributed by atoms with Gasteiger partial charge in [-0.25, -0.2) is 4.98 Å². The monoisotopic (exact) mass is 260 g/mol. The van der Waals surface area contributed by atoms with E-state index in [1.807, 2.05) is 11.5 Å². The molecule has 0 radical (unpaired) electrons. The molecule has 1 aromatic heterocycles. The van der Waals surface area contributed by atoms with Crippen molar-refractivity contribution in [1.82, 2.24) is 9.55 Å². The van der Waals surface area contributed by atoms with Gasteiger partial charge in [0.2, 0.25) is 0 Å². The Bertz CT molecular complexity index is 580. The van der Waals surface area contributed by atoms with Crippen molar-refractivity contribution >= 4 is 5.69 Å². The van der Waals surface area contributed by atoms with Crippen molar-refractivity contribution in [3.05, 3.63) is 58.2 Å². The molecule has 6 heteroatoms. The number of rotatable bonds is 5. The summed E-state index contributed by atoms with van der Waals surface area (Å²) in [5, 5.41) is 11.0. The molecule has 2 rings (SSSR count). The summed E-state index contributed by atoms with van der Waals surface area (Å²) >= 11 is 0. The topological polar surface area (TPSA) is 87.0 Å². The van der Waals surface area contributed by atoms with Crippen LogP contribution in [0, 0.1) is 10.1 Å². The van der Waals surface area contributed by atoms with Gasteiger partial charge in [0, 0.05) is 23.9 Å². The molecule has 0 amide bonds. The zero-order valence-corrected chi connectivity index (χ0v) is 10.7. The molecular weight excluding hydrogens is 244 g/mol. The summed E-state index contributed by atoms with van der Waals surface area (Å²) in [6.45, 7) is 2.40. The van der Waals surface area contributed by atoms with Gasteiger partial charge in [-0.05, 0) is 6.42 Å². The number of nitro benzene ring substituents is 1. The molecule has 19 heavy (non-hydrogen) atoms. The Hall–Kier alpha value is -2.21. The molecule has 0 fully saturated rings. The first-order valence-electron chi connectivity index (χ1n) is 6.11. The van der Waals surface area contributed by atoms with Crippen LogP contribution in [0.2, 0.25) is 0 Å². The third-order valence-corrected chi connectivity index (χ3v) is 3.09. The number of aromatic nitrogens is 2. The van der Waals surface area contributed by atoms with Crippen LogP contribution in [-0.2, 0) is 6.54 Å². The number of benzene rings is 1. The third-order valence-electron chi connectivity index (χ3n) is 3.09. The van der Waals surface area contributed by atoms with E-state index in [2.05, 4.69) is 4.98 Å². The van der Waals surface area contributed by atoms with E-state index in [0.717, 1.165) is 12.1 Å². The summed E-state index contributed by atoms with van der Waals surface area (Å²) in [6, 6.07) is 6.60. The van der Waals surface area contributed by atoms with E-state index >= 15 is 0 Å². The molecule has 100 valence electrons. The Kier molecular flexibility index (Phi) is 3.91. The first-order valence-corrected chi connectivity index (χ1v) is 6.11. The van der Waals surface area contributed by atoms with Gasteiger partial charge in [-0.2, -0.15) is 0 Å². The van der Waals surface area contributed by atoms with Crippen molar-refractivity contribution in [3.8, 4) is 0 Å². The van der Waals surface area contributed by atoms with Crippen molar-refractivity contribution in [2.24, 2.45) is 5.73 Å². The van der Waals surface area contributed by atoms with Gasteiger partial charge >= 0.3 is 0 Å². The average Bonchev–Trinajstić information content (AvgIpc) is 2.86. The normalized spacial score (nSPS) is 12.3. The second kappa shape index (κ2) is 5.62. The van der Waals surface area contributed by atoms with Gasteiger partial charge in [-0.15, -0.1) is 0 Å². The highest BCUT2D eigenvalue weighted by atomic mass is 16.6. The zero-order chi connectivity index (χ0) is 13.8. The summed E-state index contributed by atoms with van der Waals surface area (Å²) in [7, 11) is 0. The first kappa shape index (κ1) is 13.2. The van der Waals surface area contributed by atoms with Gasteiger partial charge in [0.15, 0.2) is 0 Å². The van der Waals surface area contributed by atoms with Crippen LogP contribution in [0.4, 0.5) is 5.69 Å². The van der Waals surface area contributed by atoms with Gasteiger partial charge in [-0.3, -0.25) is 10.1 Å². The molecule has 1 aromatic carbocycles. The van der Waals surface area contributed by atoms with Gasteiger partial charge in [-0.1, -0.05) is 25.1 Å². The van der Waals surface area contributed by atoms with Gasteiger partial charge in [0.05, 0.1) is 23.5 Å². The predicted octanol–water partition coefficient (Wildman–Crippen LogP) is 2.25. The van der Waals surface area contributed by atoms with Crippen LogP contribution in [0.25, 0.3) is 0 Å². The fourth-order valence-electron chi connectivity index (χ4n) is 1.99. The smallest absolute Gasteiger partial charge is 0.274 e. The fraction of sp³-hybridized carbons (Fsp3) is 0.308. The van der Waals surface area contributed by atoms with E-state index in [1.54, 1.807) is 30.7 Å². The Morgan fingerprint density at radius 3 is 2.89 bits per heavy atom. The molecule has 0 saturated heterocycles. The van der Waals surface area contributed by atoms with Crippen molar-refractivity contribution in [1.29, 1.82) is 0 Å². The molecule has 0 aliphatic rings. The maximum absolute atomic E-state index is 11.0. The number of para-hydroxylation sites is 1. The summed E-state index contributed by atoms with van der Waals surface area (Å²) in [6.07, 6.45) is 4.16. The Labute approximate surface area is 111 Å². The summed E-state index contributed by atoms with van der Waals surface area (Å²) in [4.78, 5) is 14.7. The number of nitro groups is 1.